The molecule has 0 bridgehead atoms. The van der Waals surface area contributed by atoms with Crippen molar-refractivity contribution >= 4 is 33.7 Å². The Morgan fingerprint density at radius 1 is 1.57 bits per heavy atom. The Hall–Kier alpha value is -1.27. The maximum absolute atomic E-state index is 11.5. The van der Waals surface area contributed by atoms with E-state index in [4.69, 9.17) is 0 Å². The summed E-state index contributed by atoms with van der Waals surface area (Å²) in [5, 5.41) is 7.69. The molecule has 4 nitrogen and oxygen atoms in total. The first kappa shape index (κ1) is 9.29. The van der Waals surface area contributed by atoms with Crippen molar-refractivity contribution in [1.82, 2.24) is 9.97 Å². The number of aryl methyl sites for hydroxylation is 1. The fourth-order valence-corrected chi connectivity index (χ4v) is 2.03. The fourth-order valence-electron chi connectivity index (χ4n) is 0.914. The van der Waals surface area contributed by atoms with Gasteiger partial charge in [0.2, 0.25) is 0 Å². The molecule has 74 valence electrons. The maximum atomic E-state index is 11.5. The highest BCUT2D eigenvalue weighted by molar-refractivity contribution is 7.13. The number of rotatable bonds is 2. The quantitative estimate of drug-likeness (QED) is 0.857. The van der Waals surface area contributed by atoms with Crippen molar-refractivity contribution in [2.45, 2.75) is 6.92 Å². The number of hydrogen-bond donors (Lipinski definition) is 1. The van der Waals surface area contributed by atoms with Gasteiger partial charge in [0.15, 0.2) is 5.13 Å². The van der Waals surface area contributed by atoms with Gasteiger partial charge < -0.3 is 0 Å². The van der Waals surface area contributed by atoms with Crippen molar-refractivity contribution in [1.29, 1.82) is 0 Å². The summed E-state index contributed by atoms with van der Waals surface area (Å²) < 4.78 is 0. The van der Waals surface area contributed by atoms with Gasteiger partial charge in [-0.2, -0.15) is 0 Å². The Balaban J connectivity index is 0.00000112. The highest BCUT2D eigenvalue weighted by Gasteiger charge is 2.10. The van der Waals surface area contributed by atoms with Crippen LogP contribution in [0.3, 0.4) is 0 Å². The lowest BCUT2D eigenvalue weighted by molar-refractivity contribution is 0.102. The largest absolute Gasteiger partial charge is 0.296 e. The van der Waals surface area contributed by atoms with E-state index in [-0.39, 0.29) is 7.33 Å². The first-order valence-electron chi connectivity index (χ1n) is 3.88. The summed E-state index contributed by atoms with van der Waals surface area (Å²) in [5.74, 6) is -0.204. The van der Waals surface area contributed by atoms with Crippen LogP contribution in [0.15, 0.2) is 17.0 Å². The van der Waals surface area contributed by atoms with Gasteiger partial charge in [-0.25, -0.2) is 9.97 Å². The van der Waals surface area contributed by atoms with Gasteiger partial charge in [0.05, 0.1) is 5.01 Å². The first-order chi connectivity index (χ1) is 6.75. The molecular weight excluding hydrogens is 218 g/mol. The van der Waals surface area contributed by atoms with Gasteiger partial charge >= 0.3 is 0 Å². The molecule has 1 N–H and O–H groups in total. The highest BCUT2D eigenvalue weighted by atomic mass is 32.1. The third kappa shape index (κ3) is 1.97. The molecule has 0 fully saturated rings. The van der Waals surface area contributed by atoms with Gasteiger partial charge in [-0.1, -0.05) is 0 Å². The summed E-state index contributed by atoms with van der Waals surface area (Å²) in [5.41, 5.74) is 0.447. The van der Waals surface area contributed by atoms with Crippen LogP contribution in [0.2, 0.25) is 0 Å². The number of carbonyl (C=O) groups is 1. The van der Waals surface area contributed by atoms with Crippen molar-refractivity contribution in [3.05, 3.63) is 27.7 Å². The molecule has 14 heavy (non-hydrogen) atoms. The monoisotopic (exact) mass is 227 g/mol. The van der Waals surface area contributed by atoms with E-state index in [0.29, 0.717) is 10.8 Å². The zero-order chi connectivity index (χ0) is 9.97. The van der Waals surface area contributed by atoms with Crippen LogP contribution in [0, 0.1) is 6.92 Å². The van der Waals surface area contributed by atoms with Crippen LogP contribution < -0.4 is 5.32 Å². The second-order valence-electron chi connectivity index (χ2n) is 2.54. The maximum Gasteiger partial charge on any atom is 0.276 e. The van der Waals surface area contributed by atoms with E-state index < -0.39 is 0 Å². The van der Waals surface area contributed by atoms with Crippen LogP contribution in [0.5, 0.6) is 0 Å². The molecule has 0 aliphatic rings. The smallest absolute Gasteiger partial charge is 0.276 e. The number of hydrogen-bond acceptors (Lipinski definition) is 5. The minimum atomic E-state index is -0.204. The number of nitrogens with one attached hydrogen (secondary N) is 1. The van der Waals surface area contributed by atoms with Crippen LogP contribution in [-0.4, -0.2) is 15.9 Å². The molecule has 2 aromatic heterocycles. The van der Waals surface area contributed by atoms with Crippen molar-refractivity contribution in [3.8, 4) is 0 Å². The molecule has 6 heteroatoms. The molecule has 0 saturated carbocycles. The minimum absolute atomic E-state index is 0. The van der Waals surface area contributed by atoms with E-state index in [1.165, 1.54) is 22.7 Å². The number of aromatic nitrogens is 2. The third-order valence-corrected chi connectivity index (χ3v) is 2.97. The summed E-state index contributed by atoms with van der Waals surface area (Å²) in [6.07, 6.45) is 1.65. The molecule has 1 amide bonds. The summed E-state index contributed by atoms with van der Waals surface area (Å²) in [7, 11) is 0. The molecule has 0 aliphatic heterocycles. The highest BCUT2D eigenvalue weighted by Crippen LogP contribution is 2.13. The molecule has 0 aromatic carbocycles. The second kappa shape index (κ2) is 3.85. The van der Waals surface area contributed by atoms with Gasteiger partial charge in [0.1, 0.15) is 5.69 Å². The predicted octanol–water partition coefficient (Wildman–Crippen LogP) is 2.41. The minimum Gasteiger partial charge on any atom is -0.296 e. The van der Waals surface area contributed by atoms with Crippen LogP contribution in [0.1, 0.15) is 16.9 Å². The molecular formula is C8H9N3OS2. The molecule has 0 saturated heterocycles. The van der Waals surface area contributed by atoms with Gasteiger partial charge in [-0.15, -0.1) is 22.7 Å². The van der Waals surface area contributed by atoms with Gasteiger partial charge in [-0.05, 0) is 6.92 Å². The lowest BCUT2D eigenvalue weighted by atomic mass is 10.5. The normalized spacial score (nSPS) is 10.1. The Morgan fingerprint density at radius 3 is 3.00 bits per heavy atom. The number of thiazole rings is 2. The number of amides is 1. The predicted molar refractivity (Wildman–Crippen MR) is 59.0 cm³/mol. The molecule has 2 aromatic rings. The van der Waals surface area contributed by atoms with E-state index >= 15 is 0 Å². The van der Waals surface area contributed by atoms with Gasteiger partial charge in [0.25, 0.3) is 5.91 Å². The molecule has 2 rings (SSSR count). The van der Waals surface area contributed by atoms with Crippen molar-refractivity contribution in [2.75, 3.05) is 5.32 Å². The standard InChI is InChI=1S/C8H7N3OS2.H2/c1-5-10-6(4-14-5)7(12)11-8-9-2-3-13-8;/h2-4H,1H3,(H,9,11,12);1H. The van der Waals surface area contributed by atoms with Crippen LogP contribution in [0.25, 0.3) is 0 Å². The van der Waals surface area contributed by atoms with Gasteiger partial charge in [0, 0.05) is 18.4 Å². The number of anilines is 1. The topological polar surface area (TPSA) is 54.9 Å². The van der Waals surface area contributed by atoms with E-state index in [1.54, 1.807) is 11.6 Å². The van der Waals surface area contributed by atoms with E-state index in [0.717, 1.165) is 5.01 Å². The van der Waals surface area contributed by atoms with Crippen LogP contribution >= 0.6 is 22.7 Å². The molecule has 2 heterocycles. The summed E-state index contributed by atoms with van der Waals surface area (Å²) in [6, 6.07) is 0. The number of carbonyl (C=O) groups excluding carboxylic acids is 1. The van der Waals surface area contributed by atoms with Crippen molar-refractivity contribution in [2.24, 2.45) is 0 Å². The Morgan fingerprint density at radius 2 is 2.43 bits per heavy atom. The lowest BCUT2D eigenvalue weighted by Crippen LogP contribution is -2.11. The average molecular weight is 227 g/mol. The lowest BCUT2D eigenvalue weighted by Gasteiger charge is -1.96. The number of nitrogens with zero attached hydrogens (tertiary/aromatic N) is 2. The summed E-state index contributed by atoms with van der Waals surface area (Å²) in [6.45, 7) is 1.87. The Bertz CT molecular complexity index is 440. The SMILES string of the molecule is Cc1nc(C(=O)Nc2nccs2)cs1.[HH]. The zero-order valence-electron chi connectivity index (χ0n) is 7.35. The fraction of sp³-hybridized carbons (Fsp3) is 0.125. The van der Waals surface area contributed by atoms with E-state index in [1.807, 2.05) is 12.3 Å². The second-order valence-corrected chi connectivity index (χ2v) is 4.50. The first-order valence-corrected chi connectivity index (χ1v) is 5.64. The molecule has 0 atom stereocenters. The molecule has 0 radical (unpaired) electrons. The van der Waals surface area contributed by atoms with Crippen LogP contribution in [-0.2, 0) is 0 Å². The molecule has 0 unspecified atom stereocenters. The Kier molecular flexibility index (Phi) is 2.55. The van der Waals surface area contributed by atoms with Crippen molar-refractivity contribution < 1.29 is 6.22 Å². The summed E-state index contributed by atoms with van der Waals surface area (Å²) in [4.78, 5) is 19.6. The average Bonchev–Trinajstić information content (AvgIpc) is 2.75. The molecule has 0 aliphatic carbocycles. The van der Waals surface area contributed by atoms with Gasteiger partial charge in [-0.3, -0.25) is 10.1 Å². The van der Waals surface area contributed by atoms with Crippen molar-refractivity contribution in [3.63, 3.8) is 0 Å². The third-order valence-electron chi connectivity index (χ3n) is 1.50. The molecule has 0 spiro atoms. The zero-order valence-corrected chi connectivity index (χ0v) is 8.98. The Labute approximate surface area is 90.1 Å². The summed E-state index contributed by atoms with van der Waals surface area (Å²) >= 11 is 2.84. The van der Waals surface area contributed by atoms with E-state index in [9.17, 15) is 4.79 Å². The van der Waals surface area contributed by atoms with E-state index in [2.05, 4.69) is 15.3 Å². The van der Waals surface area contributed by atoms with Crippen LogP contribution in [0.4, 0.5) is 5.13 Å².